The number of hydrogen-bond donors (Lipinski definition) is 1. The molecule has 0 bridgehead atoms. The number of nitrogens with one attached hydrogen (secondary N) is 1. The second-order valence-electron chi connectivity index (χ2n) is 5.63. The predicted octanol–water partition coefficient (Wildman–Crippen LogP) is 3.57. The molecule has 0 aliphatic heterocycles. The van der Waals surface area contributed by atoms with Gasteiger partial charge in [0.1, 0.15) is 23.5 Å². The maximum Gasteiger partial charge on any atom is 0.297 e. The molecule has 6 nitrogen and oxygen atoms in total. The lowest BCUT2D eigenvalue weighted by atomic mass is 10.2. The molecule has 4 rings (SSSR count). The second-order valence-corrected chi connectivity index (χ2v) is 6.06. The number of amides is 1. The number of benzene rings is 2. The van der Waals surface area contributed by atoms with Gasteiger partial charge in [0.2, 0.25) is 11.5 Å². The number of nitrogens with zero attached hydrogens (tertiary/aromatic N) is 2. The summed E-state index contributed by atoms with van der Waals surface area (Å²) in [7, 11) is 0. The molecule has 0 aliphatic rings. The van der Waals surface area contributed by atoms with Gasteiger partial charge in [0.05, 0.1) is 12.0 Å². The highest BCUT2D eigenvalue weighted by molar-refractivity contribution is 6.30. The van der Waals surface area contributed by atoms with Gasteiger partial charge >= 0.3 is 0 Å². The Kier molecular flexibility index (Phi) is 3.93. The van der Waals surface area contributed by atoms with Crippen molar-refractivity contribution in [3.63, 3.8) is 0 Å². The average Bonchev–Trinajstić information content (AvgIpc) is 2.99. The number of fused-ring (bicyclic) bond motifs is 3. The molecule has 0 spiro atoms. The molecule has 0 unspecified atom stereocenters. The first kappa shape index (κ1) is 16.3. The minimum atomic E-state index is -0.663. The Bertz CT molecular complexity index is 1220. The predicted molar refractivity (Wildman–Crippen MR) is 95.8 cm³/mol. The van der Waals surface area contributed by atoms with Crippen molar-refractivity contribution in [2.75, 3.05) is 5.32 Å². The van der Waals surface area contributed by atoms with Crippen molar-refractivity contribution < 1.29 is 13.6 Å². The van der Waals surface area contributed by atoms with E-state index in [0.717, 1.165) is 16.0 Å². The summed E-state index contributed by atoms with van der Waals surface area (Å²) in [5.41, 5.74) is 0.533. The summed E-state index contributed by atoms with van der Waals surface area (Å²) >= 11 is 5.68. The summed E-state index contributed by atoms with van der Waals surface area (Å²) < 4.78 is 20.4. The minimum Gasteiger partial charge on any atom is -0.448 e. The van der Waals surface area contributed by atoms with Crippen LogP contribution in [0.3, 0.4) is 0 Å². The zero-order chi connectivity index (χ0) is 18.3. The van der Waals surface area contributed by atoms with Crippen LogP contribution in [0, 0.1) is 5.82 Å². The van der Waals surface area contributed by atoms with E-state index in [1.165, 1.54) is 18.5 Å². The van der Waals surface area contributed by atoms with E-state index in [9.17, 15) is 14.0 Å². The maximum absolute atomic E-state index is 13.8. The van der Waals surface area contributed by atoms with E-state index in [4.69, 9.17) is 16.0 Å². The van der Waals surface area contributed by atoms with Crippen molar-refractivity contribution >= 4 is 45.3 Å². The number of rotatable bonds is 3. The number of halogens is 2. The third kappa shape index (κ3) is 2.82. The van der Waals surface area contributed by atoms with Gasteiger partial charge in [0, 0.05) is 10.4 Å². The quantitative estimate of drug-likeness (QED) is 0.597. The monoisotopic (exact) mass is 371 g/mol. The molecule has 2 aromatic carbocycles. The highest BCUT2D eigenvalue weighted by Crippen LogP contribution is 2.24. The summed E-state index contributed by atoms with van der Waals surface area (Å²) in [6.07, 6.45) is 1.27. The van der Waals surface area contributed by atoms with Crippen LogP contribution >= 0.6 is 11.6 Å². The van der Waals surface area contributed by atoms with E-state index in [1.807, 2.05) is 6.07 Å². The molecule has 1 amide bonds. The van der Waals surface area contributed by atoms with Gasteiger partial charge in [-0.3, -0.25) is 14.2 Å². The van der Waals surface area contributed by atoms with Crippen LogP contribution in [0.4, 0.5) is 10.1 Å². The van der Waals surface area contributed by atoms with E-state index in [-0.39, 0.29) is 22.8 Å². The Morgan fingerprint density at radius 1 is 1.27 bits per heavy atom. The molecule has 8 heteroatoms. The van der Waals surface area contributed by atoms with Gasteiger partial charge in [-0.2, -0.15) is 0 Å². The number of carbonyl (C=O) groups excluding carboxylic acids is 1. The van der Waals surface area contributed by atoms with Gasteiger partial charge in [-0.25, -0.2) is 9.37 Å². The number of aromatic nitrogens is 2. The van der Waals surface area contributed by atoms with Crippen molar-refractivity contribution in [1.82, 2.24) is 9.55 Å². The fraction of sp³-hybridized carbons (Fsp3) is 0.0556. The van der Waals surface area contributed by atoms with Crippen LogP contribution in [-0.2, 0) is 11.3 Å². The Labute approximate surface area is 150 Å². The minimum absolute atomic E-state index is 0.0229. The van der Waals surface area contributed by atoms with Crippen LogP contribution in [0.5, 0.6) is 0 Å². The van der Waals surface area contributed by atoms with E-state index >= 15 is 0 Å². The Balaban J connectivity index is 1.64. The fourth-order valence-electron chi connectivity index (χ4n) is 2.66. The van der Waals surface area contributed by atoms with Crippen molar-refractivity contribution in [2.45, 2.75) is 6.54 Å². The molecule has 0 atom stereocenters. The summed E-state index contributed by atoms with van der Waals surface area (Å²) in [6, 6.07) is 11.0. The molecule has 26 heavy (non-hydrogen) atoms. The Hall–Kier alpha value is -3.19. The average molecular weight is 372 g/mol. The first-order valence-corrected chi connectivity index (χ1v) is 8.02. The van der Waals surface area contributed by atoms with Gasteiger partial charge in [-0.05, 0) is 30.3 Å². The molecule has 1 N–H and O–H groups in total. The van der Waals surface area contributed by atoms with Gasteiger partial charge < -0.3 is 9.73 Å². The van der Waals surface area contributed by atoms with E-state index in [0.29, 0.717) is 11.1 Å². The van der Waals surface area contributed by atoms with Crippen LogP contribution in [0.2, 0.25) is 5.02 Å². The molecule has 0 saturated carbocycles. The largest absolute Gasteiger partial charge is 0.448 e. The van der Waals surface area contributed by atoms with Gasteiger partial charge in [0.25, 0.3) is 5.56 Å². The van der Waals surface area contributed by atoms with Crippen LogP contribution in [0.25, 0.3) is 22.1 Å². The molecule has 4 aromatic rings. The smallest absolute Gasteiger partial charge is 0.297 e. The van der Waals surface area contributed by atoms with Gasteiger partial charge in [-0.1, -0.05) is 23.7 Å². The van der Waals surface area contributed by atoms with Crippen LogP contribution in [0.15, 0.2) is 58.0 Å². The summed E-state index contributed by atoms with van der Waals surface area (Å²) in [5.74, 6) is -1.24. The first-order chi connectivity index (χ1) is 12.5. The Morgan fingerprint density at radius 2 is 2.08 bits per heavy atom. The normalized spacial score (nSPS) is 11.2. The molecule has 2 heterocycles. The summed E-state index contributed by atoms with van der Waals surface area (Å²) in [4.78, 5) is 28.9. The van der Waals surface area contributed by atoms with Crippen LogP contribution in [-0.4, -0.2) is 15.5 Å². The highest BCUT2D eigenvalue weighted by atomic mass is 35.5. The maximum atomic E-state index is 13.8. The first-order valence-electron chi connectivity index (χ1n) is 7.64. The van der Waals surface area contributed by atoms with E-state index < -0.39 is 17.3 Å². The lowest BCUT2D eigenvalue weighted by molar-refractivity contribution is -0.116. The lowest BCUT2D eigenvalue weighted by Crippen LogP contribution is -2.27. The van der Waals surface area contributed by atoms with Gasteiger partial charge in [-0.15, -0.1) is 0 Å². The number of hydrogen-bond acceptors (Lipinski definition) is 4. The second kappa shape index (κ2) is 6.27. The zero-order valence-electron chi connectivity index (χ0n) is 13.2. The summed E-state index contributed by atoms with van der Waals surface area (Å²) in [5, 5.41) is 3.34. The van der Waals surface area contributed by atoms with Crippen LogP contribution < -0.4 is 10.9 Å². The highest BCUT2D eigenvalue weighted by Gasteiger charge is 2.15. The van der Waals surface area contributed by atoms with Crippen molar-refractivity contribution in [3.05, 3.63) is 70.0 Å². The Morgan fingerprint density at radius 3 is 2.88 bits per heavy atom. The number of furan rings is 1. The SMILES string of the molecule is O=C(Cn1cnc2c(oc3ccccc32)c1=O)Nc1ccc(Cl)cc1F. The molecule has 2 aromatic heterocycles. The van der Waals surface area contributed by atoms with Crippen molar-refractivity contribution in [2.24, 2.45) is 0 Å². The molecule has 130 valence electrons. The van der Waals surface area contributed by atoms with Gasteiger partial charge in [0.15, 0.2) is 0 Å². The summed E-state index contributed by atoms with van der Waals surface area (Å²) in [6.45, 7) is -0.332. The molecular weight excluding hydrogens is 361 g/mol. The van der Waals surface area contributed by atoms with E-state index in [1.54, 1.807) is 18.2 Å². The molecule has 0 saturated heterocycles. The lowest BCUT2D eigenvalue weighted by Gasteiger charge is -2.08. The zero-order valence-corrected chi connectivity index (χ0v) is 14.0. The third-order valence-electron chi connectivity index (χ3n) is 3.87. The third-order valence-corrected chi connectivity index (χ3v) is 4.10. The topological polar surface area (TPSA) is 77.1 Å². The fourth-order valence-corrected chi connectivity index (χ4v) is 2.82. The van der Waals surface area contributed by atoms with Crippen molar-refractivity contribution in [3.8, 4) is 0 Å². The standard InChI is InChI=1S/C18H11ClFN3O3/c19-10-5-6-13(12(20)7-10)22-15(24)8-23-9-21-16-11-3-1-2-4-14(11)26-17(16)18(23)25/h1-7,9H,8H2,(H,22,24). The van der Waals surface area contributed by atoms with E-state index in [2.05, 4.69) is 10.3 Å². The molecular formula is C18H11ClFN3O3. The molecule has 0 aliphatic carbocycles. The molecule has 0 radical (unpaired) electrons. The van der Waals surface area contributed by atoms with Crippen molar-refractivity contribution in [1.29, 1.82) is 0 Å². The number of carbonyl (C=O) groups is 1. The molecule has 0 fully saturated rings. The van der Waals surface area contributed by atoms with Crippen LogP contribution in [0.1, 0.15) is 0 Å². The number of anilines is 1. The number of para-hydroxylation sites is 1.